The van der Waals surface area contributed by atoms with E-state index in [0.29, 0.717) is 5.69 Å². The Bertz CT molecular complexity index is 526. The second-order valence-electron chi connectivity index (χ2n) is 3.53. The van der Waals surface area contributed by atoms with Crippen LogP contribution in [0.2, 0.25) is 0 Å². The minimum atomic E-state index is -0.942. The van der Waals surface area contributed by atoms with Gasteiger partial charge in [0.25, 0.3) is 0 Å². The first-order valence-electron chi connectivity index (χ1n) is 4.94. The van der Waals surface area contributed by atoms with Crippen molar-refractivity contribution in [2.75, 3.05) is 0 Å². The zero-order valence-electron chi connectivity index (χ0n) is 9.25. The van der Waals surface area contributed by atoms with Crippen LogP contribution in [0.15, 0.2) is 42.6 Å². The fourth-order valence-electron chi connectivity index (χ4n) is 1.54. The molecule has 0 spiro atoms. The SMILES string of the molecule is Cc1ncc(-c2ccccc2)cc1C(=O)O.Cl. The molecule has 0 radical (unpaired) electrons. The Hall–Kier alpha value is -1.87. The Balaban J connectivity index is 0.00000144. The zero-order chi connectivity index (χ0) is 11.5. The molecule has 4 heteroatoms. The van der Waals surface area contributed by atoms with E-state index in [1.165, 1.54) is 0 Å². The second kappa shape index (κ2) is 5.46. The van der Waals surface area contributed by atoms with Crippen molar-refractivity contribution >= 4 is 18.4 Å². The number of carbonyl (C=O) groups is 1. The van der Waals surface area contributed by atoms with Gasteiger partial charge in [0.05, 0.1) is 11.3 Å². The number of rotatable bonds is 2. The van der Waals surface area contributed by atoms with E-state index in [9.17, 15) is 4.79 Å². The Morgan fingerprint density at radius 2 is 1.82 bits per heavy atom. The van der Waals surface area contributed by atoms with Crippen LogP contribution in [-0.2, 0) is 0 Å². The van der Waals surface area contributed by atoms with Gasteiger partial charge in [-0.15, -0.1) is 12.4 Å². The summed E-state index contributed by atoms with van der Waals surface area (Å²) in [5, 5.41) is 9.00. The molecular formula is C13H12ClNO2. The second-order valence-corrected chi connectivity index (χ2v) is 3.53. The van der Waals surface area contributed by atoms with E-state index in [0.717, 1.165) is 11.1 Å². The molecule has 0 saturated carbocycles. The minimum Gasteiger partial charge on any atom is -0.478 e. The third kappa shape index (κ3) is 2.82. The number of hydrogen-bond acceptors (Lipinski definition) is 2. The average molecular weight is 250 g/mol. The fourth-order valence-corrected chi connectivity index (χ4v) is 1.54. The van der Waals surface area contributed by atoms with Gasteiger partial charge >= 0.3 is 5.97 Å². The summed E-state index contributed by atoms with van der Waals surface area (Å²) >= 11 is 0. The predicted octanol–water partition coefficient (Wildman–Crippen LogP) is 3.18. The van der Waals surface area contributed by atoms with Gasteiger partial charge in [-0.05, 0) is 18.6 Å². The Morgan fingerprint density at radius 3 is 2.41 bits per heavy atom. The summed E-state index contributed by atoms with van der Waals surface area (Å²) < 4.78 is 0. The molecule has 0 unspecified atom stereocenters. The van der Waals surface area contributed by atoms with Crippen molar-refractivity contribution in [1.82, 2.24) is 4.98 Å². The molecule has 1 aromatic carbocycles. The smallest absolute Gasteiger partial charge is 0.337 e. The lowest BCUT2D eigenvalue weighted by atomic mass is 10.0. The highest BCUT2D eigenvalue weighted by molar-refractivity contribution is 5.90. The number of benzene rings is 1. The van der Waals surface area contributed by atoms with E-state index < -0.39 is 5.97 Å². The van der Waals surface area contributed by atoms with Crippen LogP contribution in [-0.4, -0.2) is 16.1 Å². The normalized spacial score (nSPS) is 9.47. The van der Waals surface area contributed by atoms with Crippen molar-refractivity contribution in [2.45, 2.75) is 6.92 Å². The first kappa shape index (κ1) is 13.2. The monoisotopic (exact) mass is 249 g/mol. The van der Waals surface area contributed by atoms with Crippen LogP contribution >= 0.6 is 12.4 Å². The molecule has 1 aromatic heterocycles. The number of carboxylic acids is 1. The predicted molar refractivity (Wildman–Crippen MR) is 68.6 cm³/mol. The number of nitrogens with zero attached hydrogens (tertiary/aromatic N) is 1. The van der Waals surface area contributed by atoms with Crippen molar-refractivity contribution in [1.29, 1.82) is 0 Å². The topological polar surface area (TPSA) is 50.2 Å². The Kier molecular flexibility index (Phi) is 4.24. The standard InChI is InChI=1S/C13H11NO2.ClH/c1-9-12(13(15)16)7-11(8-14-9)10-5-3-2-4-6-10;/h2-8H,1H3,(H,15,16);1H. The maximum atomic E-state index is 11.0. The molecule has 0 fully saturated rings. The largest absolute Gasteiger partial charge is 0.478 e. The molecule has 0 aliphatic rings. The highest BCUT2D eigenvalue weighted by atomic mass is 35.5. The van der Waals surface area contributed by atoms with Gasteiger partial charge in [-0.1, -0.05) is 30.3 Å². The van der Waals surface area contributed by atoms with Crippen LogP contribution in [0, 0.1) is 6.92 Å². The van der Waals surface area contributed by atoms with E-state index >= 15 is 0 Å². The lowest BCUT2D eigenvalue weighted by molar-refractivity contribution is 0.0695. The summed E-state index contributed by atoms with van der Waals surface area (Å²) in [6.07, 6.45) is 1.69. The van der Waals surface area contributed by atoms with Crippen molar-refractivity contribution in [3.8, 4) is 11.1 Å². The number of pyridine rings is 1. The summed E-state index contributed by atoms with van der Waals surface area (Å²) in [5.74, 6) is -0.942. The number of aromatic carboxylic acids is 1. The van der Waals surface area contributed by atoms with E-state index in [1.54, 1.807) is 19.2 Å². The van der Waals surface area contributed by atoms with Crippen LogP contribution < -0.4 is 0 Å². The molecule has 1 N–H and O–H groups in total. The molecule has 2 aromatic rings. The highest BCUT2D eigenvalue weighted by Gasteiger charge is 2.09. The number of aryl methyl sites for hydroxylation is 1. The Labute approximate surface area is 106 Å². The van der Waals surface area contributed by atoms with Gasteiger partial charge in [-0.3, -0.25) is 4.98 Å². The van der Waals surface area contributed by atoms with Crippen LogP contribution in [0.25, 0.3) is 11.1 Å². The quantitative estimate of drug-likeness (QED) is 0.889. The molecule has 88 valence electrons. The summed E-state index contributed by atoms with van der Waals surface area (Å²) in [4.78, 5) is 15.1. The molecule has 0 saturated heterocycles. The van der Waals surface area contributed by atoms with Crippen molar-refractivity contribution < 1.29 is 9.90 Å². The molecule has 0 aliphatic heterocycles. The molecular weight excluding hydrogens is 238 g/mol. The molecule has 0 amide bonds. The van der Waals surface area contributed by atoms with E-state index in [1.807, 2.05) is 30.3 Å². The van der Waals surface area contributed by atoms with E-state index in [4.69, 9.17) is 5.11 Å². The van der Waals surface area contributed by atoms with E-state index in [2.05, 4.69) is 4.98 Å². The molecule has 3 nitrogen and oxygen atoms in total. The van der Waals surface area contributed by atoms with Crippen LogP contribution in [0.5, 0.6) is 0 Å². The van der Waals surface area contributed by atoms with Gasteiger partial charge in [0.1, 0.15) is 0 Å². The van der Waals surface area contributed by atoms with Gasteiger partial charge in [-0.25, -0.2) is 4.79 Å². The number of hydrogen-bond donors (Lipinski definition) is 1. The molecule has 2 rings (SSSR count). The molecule has 1 heterocycles. The van der Waals surface area contributed by atoms with Crippen molar-refractivity contribution in [3.05, 3.63) is 53.9 Å². The fraction of sp³-hybridized carbons (Fsp3) is 0.0769. The van der Waals surface area contributed by atoms with Crippen molar-refractivity contribution in [2.24, 2.45) is 0 Å². The van der Waals surface area contributed by atoms with Crippen LogP contribution in [0.3, 0.4) is 0 Å². The summed E-state index contributed by atoms with van der Waals surface area (Å²) in [6, 6.07) is 11.3. The molecule has 0 aliphatic carbocycles. The number of halogens is 1. The number of aromatic nitrogens is 1. The Morgan fingerprint density at radius 1 is 1.18 bits per heavy atom. The highest BCUT2D eigenvalue weighted by Crippen LogP contribution is 2.20. The zero-order valence-corrected chi connectivity index (χ0v) is 10.1. The number of carboxylic acid groups (broad SMARTS) is 1. The first-order chi connectivity index (χ1) is 7.68. The van der Waals surface area contributed by atoms with Crippen LogP contribution in [0.4, 0.5) is 0 Å². The third-order valence-corrected chi connectivity index (χ3v) is 2.42. The van der Waals surface area contributed by atoms with Crippen LogP contribution in [0.1, 0.15) is 16.1 Å². The molecule has 0 atom stereocenters. The maximum absolute atomic E-state index is 11.0. The first-order valence-corrected chi connectivity index (χ1v) is 4.94. The van der Waals surface area contributed by atoms with Gasteiger partial charge in [-0.2, -0.15) is 0 Å². The van der Waals surface area contributed by atoms with Crippen molar-refractivity contribution in [3.63, 3.8) is 0 Å². The van der Waals surface area contributed by atoms with E-state index in [-0.39, 0.29) is 18.0 Å². The summed E-state index contributed by atoms with van der Waals surface area (Å²) in [6.45, 7) is 1.69. The summed E-state index contributed by atoms with van der Waals surface area (Å²) in [7, 11) is 0. The van der Waals surface area contributed by atoms with Gasteiger partial charge in [0.15, 0.2) is 0 Å². The molecule has 17 heavy (non-hydrogen) atoms. The van der Waals surface area contributed by atoms with Gasteiger partial charge in [0.2, 0.25) is 0 Å². The summed E-state index contributed by atoms with van der Waals surface area (Å²) in [5.41, 5.74) is 2.58. The molecule has 0 bridgehead atoms. The minimum absolute atomic E-state index is 0. The lowest BCUT2D eigenvalue weighted by Gasteiger charge is -2.04. The lowest BCUT2D eigenvalue weighted by Crippen LogP contribution is -2.01. The van der Waals surface area contributed by atoms with Gasteiger partial charge in [0, 0.05) is 11.8 Å². The maximum Gasteiger partial charge on any atom is 0.337 e. The van der Waals surface area contributed by atoms with Gasteiger partial charge < -0.3 is 5.11 Å². The third-order valence-electron chi connectivity index (χ3n) is 2.42. The average Bonchev–Trinajstić information content (AvgIpc) is 2.30.